The Hall–Kier alpha value is -9.87. The predicted octanol–water partition coefficient (Wildman–Crippen LogP) is -0.537. The van der Waals surface area contributed by atoms with Crippen molar-refractivity contribution in [2.45, 2.75) is 0 Å². The van der Waals surface area contributed by atoms with Crippen LogP contribution in [0.1, 0.15) is 2.85 Å². The summed E-state index contributed by atoms with van der Waals surface area (Å²) in [5.41, 5.74) is 0. The Bertz CT molecular complexity index is 16.1. The van der Waals surface area contributed by atoms with Gasteiger partial charge in [0.15, 0.2) is 0 Å². The quantitative estimate of drug-likeness (QED) is 0.287. The smallest absolute Gasteiger partial charge is 1.00 e. The summed E-state index contributed by atoms with van der Waals surface area (Å²) in [6.45, 7) is 0. The first kappa shape index (κ1) is 0.0279. The molecule has 0 aliphatic carbocycles. The van der Waals surface area contributed by atoms with Gasteiger partial charge in [-0.15, -0.1) is 0 Å². The summed E-state index contributed by atoms with van der Waals surface area (Å²) in [7, 11) is 0. The van der Waals surface area contributed by atoms with E-state index >= 15 is 0 Å². The summed E-state index contributed by atoms with van der Waals surface area (Å²) >= 11 is 0. The summed E-state index contributed by atoms with van der Waals surface area (Å²) in [5, 5.41) is 0. The number of hydrogen-bond acceptors (Lipinski definition) is 0. The molecule has 0 saturated carbocycles. The molecule has 0 atom stereocenters. The van der Waals surface area contributed by atoms with Crippen molar-refractivity contribution in [3.05, 3.63) is 0 Å². The molecule has 12 heteroatoms. The van der Waals surface area contributed by atoms with Crippen LogP contribution in [0, 0.1) is 0 Å². The summed E-state index contributed by atoms with van der Waals surface area (Å²) < 4.78 is 0. The predicted molar refractivity (Wildman–Crippen MR) is 13.7 cm³/mol. The van der Waals surface area contributed by atoms with Crippen molar-refractivity contribution in [2.24, 2.45) is 0 Å². The molecular formula is H2B2Bh10. The molecule has 0 fully saturated rings. The number of hydrogen-bond donors (Lipinski definition) is 0. The first-order valence-corrected chi connectivity index (χ1v) is 0. The molecule has 0 aromatic rings. The standard InChI is InChI=1S/2B.10Bh/q2*-1;;;;;;;;;;/p+2. The van der Waals surface area contributed by atoms with Gasteiger partial charge in [-0.25, -0.2) is 0 Å². The molecule has 28 valence electrons. The van der Waals surface area contributed by atoms with Crippen molar-refractivity contribution in [2.75, 3.05) is 0 Å². The minimum atomic E-state index is 0. The van der Waals surface area contributed by atoms with Gasteiger partial charge >= 0.3 is 2.85 Å². The minimum absolute atomic E-state index is 0. The fourth-order valence-electron chi connectivity index (χ4n) is 0. The molecule has 0 amide bonds. The third-order valence-corrected chi connectivity index (χ3v) is 0. The number of rotatable bonds is 0. The Morgan fingerprint density at radius 2 is 0.250 bits per heavy atom. The van der Waals surface area contributed by atoms with Crippen molar-refractivity contribution < 1.29 is 2.85 Å². The van der Waals surface area contributed by atoms with Crippen molar-refractivity contribution in [3.8, 4) is 0 Å². The molecule has 0 aliphatic heterocycles. The topological polar surface area (TPSA) is 0 Å². The van der Waals surface area contributed by atoms with E-state index in [4.69, 9.17) is 0 Å². The van der Waals surface area contributed by atoms with Crippen molar-refractivity contribution in [1.82, 2.24) is 0 Å². The van der Waals surface area contributed by atoms with Crippen LogP contribution in [0.3, 0.4) is 0 Å². The fraction of sp³-hybridized carbons (Fsp3) is 0. The second kappa shape index (κ2) is 0.000196. The normalized spacial score (nSPS) is 0. The monoisotopic (exact) mass is 2730 g/mol. The van der Waals surface area contributed by atoms with Gasteiger partial charge < -0.3 is 16.8 Å². The second-order valence-corrected chi connectivity index (χ2v) is 0. The van der Waals surface area contributed by atoms with Gasteiger partial charge in [-0.2, -0.15) is 0 Å². The van der Waals surface area contributed by atoms with Crippen LogP contribution in [0.5, 0.6) is 0 Å². The van der Waals surface area contributed by atoms with Crippen LogP contribution < -0.4 is 0 Å². The average molecular weight is 2720 g/mol. The van der Waals surface area contributed by atoms with Gasteiger partial charge in [0.25, 0.3) is 0 Å². The maximum atomic E-state index is 0. The molecule has 0 unspecified atom stereocenters. The van der Waals surface area contributed by atoms with Crippen molar-refractivity contribution >= 4 is 16.8 Å². The molecule has 0 aromatic heterocycles. The molecular weight excluding hydrogens is 2720 g/mol. The van der Waals surface area contributed by atoms with E-state index in [2.05, 4.69) is 0 Å². The van der Waals surface area contributed by atoms with Crippen LogP contribution in [0.25, 0.3) is 0 Å². The van der Waals surface area contributed by atoms with E-state index in [0.29, 0.717) is 0 Å². The molecule has 0 bridgehead atoms. The van der Waals surface area contributed by atoms with Crippen LogP contribution >= 0.6 is 0 Å². The van der Waals surface area contributed by atoms with Crippen molar-refractivity contribution in [1.29, 1.82) is 0 Å². The zero-order valence-corrected chi connectivity index (χ0v) is 73.3. The molecule has 0 saturated heterocycles. The summed E-state index contributed by atoms with van der Waals surface area (Å²) in [5.74, 6) is 0. The van der Waals surface area contributed by atoms with Crippen LogP contribution in [-0.4, -0.2) is 16.8 Å². The molecule has 12 heavy (non-hydrogen) atoms. The molecule has 0 aliphatic rings. The first-order chi connectivity index (χ1) is 0. The maximum absolute atomic E-state index is 0. The summed E-state index contributed by atoms with van der Waals surface area (Å²) in [6, 6.07) is 0. The maximum Gasteiger partial charge on any atom is 1.00 e. The summed E-state index contributed by atoms with van der Waals surface area (Å²) in [4.78, 5) is 0. The third kappa shape index (κ3) is 0.00101. The molecule has 8 radical (unpaired) electrons. The zero-order valence-electron chi connectivity index (χ0n) is 10.2. The van der Waals surface area contributed by atoms with E-state index in [1.54, 1.807) is 0 Å². The van der Waals surface area contributed by atoms with E-state index in [-0.39, 0.29) is 19.7 Å². The average Bonchev–Trinajstić information content (AvgIpc) is 0. The molecule has 0 spiro atoms. The Morgan fingerprint density at radius 3 is 0.250 bits per heavy atom. The van der Waals surface area contributed by atoms with Crippen molar-refractivity contribution in [3.63, 3.8) is 0 Å². The Labute approximate surface area is 21.0 Å². The van der Waals surface area contributed by atoms with E-state index in [0.717, 1.165) is 0 Å². The van der Waals surface area contributed by atoms with Crippen LogP contribution in [0.2, 0.25) is 0 Å². The minimum Gasteiger partial charge on any atom is -1.00 e. The van der Waals surface area contributed by atoms with Crippen LogP contribution in [0.15, 0.2) is 0 Å². The Kier molecular flexibility index (Phi) is 0.000000455. The van der Waals surface area contributed by atoms with E-state index in [9.17, 15) is 0 Å². The molecule has 0 heterocycles. The Morgan fingerprint density at radius 1 is 0.250 bits per heavy atom. The SMILES string of the molecule is [B-].[B-].[Bh].[Bh].[Bh].[Bh].[Bh].[Bh].[Bh].[Bh].[Bh].[Bh].[H+].[H+]. The third-order valence-electron chi connectivity index (χ3n) is 0. The molecule has 0 rings (SSSR count). The van der Waals surface area contributed by atoms with Gasteiger partial charge in [0.1, 0.15) is 0 Å². The molecule has 0 nitrogen and oxygen atoms in total. The van der Waals surface area contributed by atoms with Gasteiger partial charge in [-0.05, 0) is 0 Å². The fourth-order valence-corrected chi connectivity index (χ4v) is 0. The Balaban J connectivity index is 0. The van der Waals surface area contributed by atoms with Gasteiger partial charge in [-0.3, -0.25) is 0 Å². The molecule has 0 N–H and O–H groups in total. The van der Waals surface area contributed by atoms with E-state index in [1.165, 1.54) is 0 Å². The second-order valence-electron chi connectivity index (χ2n) is 0. The van der Waals surface area contributed by atoms with Gasteiger partial charge in [-0.1, -0.05) is 0 Å². The molecule has 0 aromatic carbocycles. The van der Waals surface area contributed by atoms with Crippen LogP contribution in [0.4, 0.5) is 0 Å². The van der Waals surface area contributed by atoms with Gasteiger partial charge in [0.2, 0.25) is 0 Å². The van der Waals surface area contributed by atoms with E-state index < -0.39 is 0 Å². The largest absolute Gasteiger partial charge is 1.00 e. The first-order valence-electron chi connectivity index (χ1n) is 0. The van der Waals surface area contributed by atoms with Crippen LogP contribution in [-0.2, 0) is 0 Å². The van der Waals surface area contributed by atoms with Gasteiger partial charge in [0.05, 0.1) is 0 Å². The van der Waals surface area contributed by atoms with E-state index in [1.807, 2.05) is 0 Å². The summed E-state index contributed by atoms with van der Waals surface area (Å²) in [6.07, 6.45) is 0. The zero-order chi connectivity index (χ0) is 0. The van der Waals surface area contributed by atoms with Gasteiger partial charge in [0, 0.05) is 0 Å².